The summed E-state index contributed by atoms with van der Waals surface area (Å²) in [6.45, 7) is 1.50. The van der Waals surface area contributed by atoms with Gasteiger partial charge in [-0.1, -0.05) is 11.6 Å². The third-order valence-electron chi connectivity index (χ3n) is 4.95. The van der Waals surface area contributed by atoms with Crippen molar-refractivity contribution < 1.29 is 9.18 Å². The van der Waals surface area contributed by atoms with Gasteiger partial charge in [0.25, 0.3) is 11.5 Å². The highest BCUT2D eigenvalue weighted by molar-refractivity contribution is 7.71. The molecule has 1 amide bonds. The minimum Gasteiger partial charge on any atom is -0.339 e. The first-order valence-corrected chi connectivity index (χ1v) is 9.78. The van der Waals surface area contributed by atoms with Crippen molar-refractivity contribution in [3.63, 3.8) is 0 Å². The van der Waals surface area contributed by atoms with E-state index in [1.807, 2.05) is 4.90 Å². The monoisotopic (exact) mass is 417 g/mol. The number of halogens is 2. The Bertz CT molecular complexity index is 1200. The molecule has 0 saturated carbocycles. The molecule has 0 bridgehead atoms. The molecule has 4 rings (SSSR count). The molecule has 0 spiro atoms. The van der Waals surface area contributed by atoms with Crippen molar-refractivity contribution in [2.75, 3.05) is 13.1 Å². The van der Waals surface area contributed by atoms with Gasteiger partial charge in [0.15, 0.2) is 4.77 Å². The smallest absolute Gasteiger partial charge is 0.266 e. The van der Waals surface area contributed by atoms with Crippen molar-refractivity contribution in [2.24, 2.45) is 0 Å². The van der Waals surface area contributed by atoms with Crippen LogP contribution in [-0.4, -0.2) is 33.4 Å². The van der Waals surface area contributed by atoms with E-state index in [4.69, 9.17) is 23.8 Å². The second kappa shape index (κ2) is 7.48. The molecule has 0 atom stereocenters. The van der Waals surface area contributed by atoms with Gasteiger partial charge in [-0.25, -0.2) is 4.39 Å². The van der Waals surface area contributed by atoms with Crippen LogP contribution in [0.2, 0.25) is 5.02 Å². The van der Waals surface area contributed by atoms with E-state index in [1.54, 1.807) is 18.2 Å². The van der Waals surface area contributed by atoms with E-state index in [9.17, 15) is 14.0 Å². The van der Waals surface area contributed by atoms with Crippen molar-refractivity contribution in [2.45, 2.75) is 19.3 Å². The molecule has 1 N–H and O–H groups in total. The standard InChI is InChI=1S/C20H17ClFN3O2S/c21-15-11-13(5-7-16(15)22)25-19(27)14-6-4-12(10-17(14)23-20(25)28)18(26)24-8-2-1-3-9-24/h4-7,10-11H,1-3,8-9H2,(H,23,28). The lowest BCUT2D eigenvalue weighted by Gasteiger charge is -2.26. The van der Waals surface area contributed by atoms with Crippen LogP contribution >= 0.6 is 23.8 Å². The molecule has 0 unspecified atom stereocenters. The summed E-state index contributed by atoms with van der Waals surface area (Å²) in [5.41, 5.74) is 1.01. The van der Waals surface area contributed by atoms with Gasteiger partial charge in [0, 0.05) is 18.7 Å². The van der Waals surface area contributed by atoms with E-state index in [0.717, 1.165) is 32.4 Å². The van der Waals surface area contributed by atoms with Gasteiger partial charge in [0.1, 0.15) is 5.82 Å². The van der Waals surface area contributed by atoms with Gasteiger partial charge in [-0.15, -0.1) is 0 Å². The van der Waals surface area contributed by atoms with Gasteiger partial charge in [-0.3, -0.25) is 14.2 Å². The fourth-order valence-corrected chi connectivity index (χ4v) is 3.96. The molecule has 8 heteroatoms. The quantitative estimate of drug-likeness (QED) is 0.626. The fraction of sp³-hybridized carbons (Fsp3) is 0.250. The van der Waals surface area contributed by atoms with E-state index in [-0.39, 0.29) is 21.3 Å². The van der Waals surface area contributed by atoms with E-state index in [2.05, 4.69) is 4.98 Å². The summed E-state index contributed by atoms with van der Waals surface area (Å²) < 4.78 is 14.9. The molecule has 1 aromatic heterocycles. The van der Waals surface area contributed by atoms with Crippen molar-refractivity contribution >= 4 is 40.6 Å². The number of aromatic nitrogens is 2. The summed E-state index contributed by atoms with van der Waals surface area (Å²) in [7, 11) is 0. The Kier molecular flexibility index (Phi) is 5.03. The molecule has 28 heavy (non-hydrogen) atoms. The number of H-pyrrole nitrogens is 1. The van der Waals surface area contributed by atoms with E-state index in [0.29, 0.717) is 22.2 Å². The number of benzene rings is 2. The number of amides is 1. The molecule has 2 aromatic carbocycles. The fourth-order valence-electron chi connectivity index (χ4n) is 3.49. The Labute approximate surface area is 170 Å². The number of piperidine rings is 1. The molecule has 2 heterocycles. The van der Waals surface area contributed by atoms with Crippen LogP contribution in [0, 0.1) is 10.6 Å². The van der Waals surface area contributed by atoms with Crippen molar-refractivity contribution in [3.05, 3.63) is 67.9 Å². The highest BCUT2D eigenvalue weighted by Gasteiger charge is 2.19. The number of carbonyl (C=O) groups is 1. The first kappa shape index (κ1) is 18.8. The van der Waals surface area contributed by atoms with Crippen LogP contribution in [-0.2, 0) is 0 Å². The number of nitrogens with one attached hydrogen (secondary N) is 1. The summed E-state index contributed by atoms with van der Waals surface area (Å²) in [6.07, 6.45) is 3.15. The molecule has 0 aliphatic carbocycles. The third-order valence-corrected chi connectivity index (χ3v) is 5.52. The summed E-state index contributed by atoms with van der Waals surface area (Å²) in [4.78, 5) is 30.5. The number of aromatic amines is 1. The number of nitrogens with zero attached hydrogens (tertiary/aromatic N) is 2. The van der Waals surface area contributed by atoms with Gasteiger partial charge in [-0.2, -0.15) is 0 Å². The summed E-state index contributed by atoms with van der Waals surface area (Å²) in [5, 5.41) is 0.283. The van der Waals surface area contributed by atoms with Crippen LogP contribution in [0.5, 0.6) is 0 Å². The van der Waals surface area contributed by atoms with Gasteiger partial charge in [-0.05, 0) is 67.9 Å². The van der Waals surface area contributed by atoms with E-state index in [1.165, 1.54) is 22.8 Å². The lowest BCUT2D eigenvalue weighted by molar-refractivity contribution is 0.0724. The first-order chi connectivity index (χ1) is 13.5. The van der Waals surface area contributed by atoms with Crippen molar-refractivity contribution in [1.82, 2.24) is 14.5 Å². The third kappa shape index (κ3) is 3.36. The van der Waals surface area contributed by atoms with Crippen LogP contribution in [0.15, 0.2) is 41.2 Å². The number of likely N-dealkylation sites (tertiary alicyclic amines) is 1. The molecule has 144 valence electrons. The number of hydrogen-bond acceptors (Lipinski definition) is 3. The molecule has 1 saturated heterocycles. The summed E-state index contributed by atoms with van der Waals surface area (Å²) in [6, 6.07) is 8.89. The highest BCUT2D eigenvalue weighted by Crippen LogP contribution is 2.20. The number of fused-ring (bicyclic) bond motifs is 1. The van der Waals surface area contributed by atoms with Gasteiger partial charge in [0.05, 0.1) is 21.6 Å². The molecule has 0 radical (unpaired) electrons. The van der Waals surface area contributed by atoms with Crippen LogP contribution in [0.25, 0.3) is 16.6 Å². The van der Waals surface area contributed by atoms with Gasteiger partial charge in [0.2, 0.25) is 0 Å². The summed E-state index contributed by atoms with van der Waals surface area (Å²) in [5.74, 6) is -0.620. The van der Waals surface area contributed by atoms with Crippen molar-refractivity contribution in [3.8, 4) is 5.69 Å². The molecule has 1 aliphatic rings. The zero-order valence-electron chi connectivity index (χ0n) is 14.9. The van der Waals surface area contributed by atoms with Gasteiger partial charge < -0.3 is 9.88 Å². The predicted molar refractivity (Wildman–Crippen MR) is 109 cm³/mol. The minimum absolute atomic E-state index is 0.0459. The minimum atomic E-state index is -0.574. The molecule has 1 aliphatic heterocycles. The highest BCUT2D eigenvalue weighted by atomic mass is 35.5. The Morgan fingerprint density at radius 2 is 1.86 bits per heavy atom. The topological polar surface area (TPSA) is 58.1 Å². The molecule has 5 nitrogen and oxygen atoms in total. The Balaban J connectivity index is 1.80. The van der Waals surface area contributed by atoms with Crippen LogP contribution in [0.3, 0.4) is 0 Å². The molecule has 1 fully saturated rings. The Morgan fingerprint density at radius 1 is 1.11 bits per heavy atom. The molecular weight excluding hydrogens is 401 g/mol. The van der Waals surface area contributed by atoms with Crippen molar-refractivity contribution in [1.29, 1.82) is 0 Å². The maximum atomic E-state index is 13.5. The number of rotatable bonds is 2. The number of carbonyl (C=O) groups excluding carboxylic acids is 1. The lowest BCUT2D eigenvalue weighted by atomic mass is 10.1. The van der Waals surface area contributed by atoms with Crippen LogP contribution in [0.1, 0.15) is 29.6 Å². The average molecular weight is 418 g/mol. The largest absolute Gasteiger partial charge is 0.339 e. The van der Waals surface area contributed by atoms with Gasteiger partial charge >= 0.3 is 0 Å². The Morgan fingerprint density at radius 3 is 2.57 bits per heavy atom. The molecular formula is C20H17ClFN3O2S. The summed E-state index contributed by atoms with van der Waals surface area (Å²) >= 11 is 11.2. The zero-order chi connectivity index (χ0) is 19.8. The SMILES string of the molecule is O=C(c1ccc2c(=O)n(-c3ccc(F)c(Cl)c3)c(=S)[nH]c2c1)N1CCCCC1. The van der Waals surface area contributed by atoms with Crippen LogP contribution in [0.4, 0.5) is 4.39 Å². The second-order valence-corrected chi connectivity index (χ2v) is 7.58. The van der Waals surface area contributed by atoms with Crippen LogP contribution < -0.4 is 5.56 Å². The maximum absolute atomic E-state index is 13.5. The van der Waals surface area contributed by atoms with E-state index < -0.39 is 5.82 Å². The number of hydrogen-bond donors (Lipinski definition) is 1. The maximum Gasteiger partial charge on any atom is 0.266 e. The average Bonchev–Trinajstić information content (AvgIpc) is 2.70. The second-order valence-electron chi connectivity index (χ2n) is 6.78. The first-order valence-electron chi connectivity index (χ1n) is 8.99. The lowest BCUT2D eigenvalue weighted by Crippen LogP contribution is -2.35. The zero-order valence-corrected chi connectivity index (χ0v) is 16.4. The normalized spacial score (nSPS) is 14.4. The predicted octanol–water partition coefficient (Wildman–Crippen LogP) is 4.47. The molecule has 3 aromatic rings. The Hall–Kier alpha value is -2.51. The van der Waals surface area contributed by atoms with E-state index >= 15 is 0 Å².